The smallest absolute Gasteiger partial charge is 0.185 e. The molecule has 2 aromatic carbocycles. The van der Waals surface area contributed by atoms with Gasteiger partial charge in [0.05, 0.1) is 5.56 Å². The average molecular weight is 251 g/mol. The zero-order valence-corrected chi connectivity index (χ0v) is 10.0. The van der Waals surface area contributed by atoms with Crippen molar-refractivity contribution in [2.75, 3.05) is 0 Å². The molecule has 0 aliphatic carbocycles. The molecular formula is C16H10FNO. The number of ketones is 1. The minimum atomic E-state index is -0.679. The normalized spacial score (nSPS) is 10.3. The molecule has 0 heterocycles. The number of hydrogen-bond donors (Lipinski definition) is 0. The highest BCUT2D eigenvalue weighted by Gasteiger charge is 2.06. The van der Waals surface area contributed by atoms with Crippen LogP contribution in [0.4, 0.5) is 4.39 Å². The van der Waals surface area contributed by atoms with Gasteiger partial charge in [0.1, 0.15) is 11.9 Å². The Morgan fingerprint density at radius 1 is 1.16 bits per heavy atom. The molecular weight excluding hydrogens is 241 g/mol. The van der Waals surface area contributed by atoms with Crippen molar-refractivity contribution in [1.82, 2.24) is 0 Å². The Morgan fingerprint density at radius 3 is 2.53 bits per heavy atom. The lowest BCUT2D eigenvalue weighted by Crippen LogP contribution is -1.96. The van der Waals surface area contributed by atoms with E-state index < -0.39 is 5.82 Å². The average Bonchev–Trinajstić information content (AvgIpc) is 2.45. The zero-order valence-electron chi connectivity index (χ0n) is 10.0. The van der Waals surface area contributed by atoms with Crippen LogP contribution in [0.5, 0.6) is 0 Å². The van der Waals surface area contributed by atoms with Gasteiger partial charge in [0.15, 0.2) is 5.78 Å². The first kappa shape index (κ1) is 12.7. The second-order valence-electron chi connectivity index (χ2n) is 3.91. The number of halogens is 1. The standard InChI is InChI=1S/C16H10FNO/c17-15-10-13(7-8-14(15)11-18)16(19)9-6-12-4-2-1-3-5-12/h1-10H. The van der Waals surface area contributed by atoms with E-state index in [0.29, 0.717) is 0 Å². The van der Waals surface area contributed by atoms with Gasteiger partial charge in [-0.3, -0.25) is 4.79 Å². The summed E-state index contributed by atoms with van der Waals surface area (Å²) >= 11 is 0. The minimum absolute atomic E-state index is 0.0661. The van der Waals surface area contributed by atoms with Gasteiger partial charge in [-0.2, -0.15) is 5.26 Å². The number of carbonyl (C=O) groups is 1. The van der Waals surface area contributed by atoms with Crippen LogP contribution in [0.1, 0.15) is 21.5 Å². The summed E-state index contributed by atoms with van der Waals surface area (Å²) in [5, 5.41) is 8.61. The summed E-state index contributed by atoms with van der Waals surface area (Å²) in [5.74, 6) is -0.978. The number of rotatable bonds is 3. The van der Waals surface area contributed by atoms with Gasteiger partial charge in [0.25, 0.3) is 0 Å². The van der Waals surface area contributed by atoms with Crippen LogP contribution in [-0.4, -0.2) is 5.78 Å². The summed E-state index contributed by atoms with van der Waals surface area (Å²) in [6, 6.07) is 14.9. The van der Waals surface area contributed by atoms with E-state index in [1.807, 2.05) is 30.3 Å². The fraction of sp³-hybridized carbons (Fsp3) is 0. The molecule has 0 radical (unpaired) electrons. The second-order valence-corrected chi connectivity index (χ2v) is 3.91. The van der Waals surface area contributed by atoms with Crippen molar-refractivity contribution in [3.63, 3.8) is 0 Å². The molecule has 0 bridgehead atoms. The second kappa shape index (κ2) is 5.74. The van der Waals surface area contributed by atoms with Crippen molar-refractivity contribution in [1.29, 1.82) is 5.26 Å². The van der Waals surface area contributed by atoms with Crippen molar-refractivity contribution >= 4 is 11.9 Å². The Hall–Kier alpha value is -2.73. The Balaban J connectivity index is 2.19. The highest BCUT2D eigenvalue weighted by Crippen LogP contribution is 2.11. The molecule has 2 nitrogen and oxygen atoms in total. The molecule has 19 heavy (non-hydrogen) atoms. The van der Waals surface area contributed by atoms with Crippen LogP contribution in [0.3, 0.4) is 0 Å². The summed E-state index contributed by atoms with van der Waals surface area (Å²) in [6.07, 6.45) is 3.05. The maximum absolute atomic E-state index is 13.4. The molecule has 0 atom stereocenters. The number of nitriles is 1. The first-order chi connectivity index (χ1) is 9.20. The number of hydrogen-bond acceptors (Lipinski definition) is 2. The van der Waals surface area contributed by atoms with E-state index in [9.17, 15) is 9.18 Å². The van der Waals surface area contributed by atoms with Crippen molar-refractivity contribution in [3.05, 3.63) is 77.1 Å². The highest BCUT2D eigenvalue weighted by atomic mass is 19.1. The monoisotopic (exact) mass is 251 g/mol. The Bertz CT molecular complexity index is 669. The fourth-order valence-electron chi connectivity index (χ4n) is 1.59. The van der Waals surface area contributed by atoms with Gasteiger partial charge >= 0.3 is 0 Å². The lowest BCUT2D eigenvalue weighted by atomic mass is 10.1. The summed E-state index contributed by atoms with van der Waals surface area (Å²) in [7, 11) is 0. The van der Waals surface area contributed by atoms with E-state index in [0.717, 1.165) is 11.6 Å². The largest absolute Gasteiger partial charge is 0.289 e. The quantitative estimate of drug-likeness (QED) is 0.617. The molecule has 0 aliphatic rings. The highest BCUT2D eigenvalue weighted by molar-refractivity contribution is 6.06. The molecule has 0 amide bonds. The molecule has 0 N–H and O–H groups in total. The van der Waals surface area contributed by atoms with Crippen molar-refractivity contribution in [2.45, 2.75) is 0 Å². The number of carbonyl (C=O) groups excluding carboxylic acids is 1. The van der Waals surface area contributed by atoms with Crippen LogP contribution in [0.2, 0.25) is 0 Å². The predicted molar refractivity (Wildman–Crippen MR) is 70.9 cm³/mol. The van der Waals surface area contributed by atoms with Crippen LogP contribution in [0, 0.1) is 17.1 Å². The molecule has 2 rings (SSSR count). The zero-order chi connectivity index (χ0) is 13.7. The van der Waals surface area contributed by atoms with E-state index in [2.05, 4.69) is 0 Å². The van der Waals surface area contributed by atoms with E-state index >= 15 is 0 Å². The fourth-order valence-corrected chi connectivity index (χ4v) is 1.59. The van der Waals surface area contributed by atoms with Gasteiger partial charge in [0.2, 0.25) is 0 Å². The summed E-state index contributed by atoms with van der Waals surface area (Å²) in [6.45, 7) is 0. The number of allylic oxidation sites excluding steroid dienone is 1. The molecule has 0 saturated carbocycles. The van der Waals surface area contributed by atoms with Crippen LogP contribution in [0.25, 0.3) is 6.08 Å². The number of benzene rings is 2. The van der Waals surface area contributed by atoms with Crippen LogP contribution < -0.4 is 0 Å². The third-order valence-corrected chi connectivity index (χ3v) is 2.60. The van der Waals surface area contributed by atoms with E-state index in [1.54, 1.807) is 12.1 Å². The molecule has 0 spiro atoms. The third kappa shape index (κ3) is 3.14. The Kier molecular flexibility index (Phi) is 3.84. The Morgan fingerprint density at radius 2 is 1.89 bits per heavy atom. The van der Waals surface area contributed by atoms with Crippen LogP contribution >= 0.6 is 0 Å². The van der Waals surface area contributed by atoms with Gasteiger partial charge in [-0.25, -0.2) is 4.39 Å². The lowest BCUT2D eigenvalue weighted by molar-refractivity contribution is 0.104. The third-order valence-electron chi connectivity index (χ3n) is 2.60. The van der Waals surface area contributed by atoms with Crippen molar-refractivity contribution in [2.24, 2.45) is 0 Å². The molecule has 92 valence electrons. The SMILES string of the molecule is N#Cc1ccc(C(=O)C=Cc2ccccc2)cc1F. The van der Waals surface area contributed by atoms with Crippen LogP contribution in [-0.2, 0) is 0 Å². The van der Waals surface area contributed by atoms with E-state index in [4.69, 9.17) is 5.26 Å². The lowest BCUT2D eigenvalue weighted by Gasteiger charge is -1.98. The topological polar surface area (TPSA) is 40.9 Å². The Labute approximate surface area is 110 Å². The van der Waals surface area contributed by atoms with Crippen molar-refractivity contribution in [3.8, 4) is 6.07 Å². The van der Waals surface area contributed by atoms with Gasteiger partial charge in [-0.1, -0.05) is 36.4 Å². The van der Waals surface area contributed by atoms with E-state index in [1.165, 1.54) is 18.2 Å². The number of nitrogens with zero attached hydrogens (tertiary/aromatic N) is 1. The molecule has 3 heteroatoms. The first-order valence-electron chi connectivity index (χ1n) is 5.68. The maximum Gasteiger partial charge on any atom is 0.185 e. The molecule has 0 fully saturated rings. The molecule has 2 aromatic rings. The summed E-state index contributed by atoms with van der Waals surface area (Å²) in [4.78, 5) is 11.8. The van der Waals surface area contributed by atoms with Gasteiger partial charge in [-0.05, 0) is 29.8 Å². The predicted octanol–water partition coefficient (Wildman–Crippen LogP) is 3.59. The maximum atomic E-state index is 13.4. The summed E-state index contributed by atoms with van der Waals surface area (Å²) < 4.78 is 13.4. The van der Waals surface area contributed by atoms with Crippen molar-refractivity contribution < 1.29 is 9.18 Å². The first-order valence-corrected chi connectivity index (χ1v) is 5.68. The minimum Gasteiger partial charge on any atom is -0.289 e. The van der Waals surface area contributed by atoms with E-state index in [-0.39, 0.29) is 16.9 Å². The van der Waals surface area contributed by atoms with Crippen LogP contribution in [0.15, 0.2) is 54.6 Å². The van der Waals surface area contributed by atoms with Gasteiger partial charge in [0, 0.05) is 5.56 Å². The molecule has 0 unspecified atom stereocenters. The summed E-state index contributed by atoms with van der Waals surface area (Å²) in [5.41, 5.74) is 1.05. The van der Waals surface area contributed by atoms with Gasteiger partial charge < -0.3 is 0 Å². The van der Waals surface area contributed by atoms with Gasteiger partial charge in [-0.15, -0.1) is 0 Å². The molecule has 0 saturated heterocycles. The molecule has 0 aromatic heterocycles. The molecule has 0 aliphatic heterocycles.